The molecular formula is C18H20Cl2N3O3+. The zero-order chi connectivity index (χ0) is 18.9. The van der Waals surface area contributed by atoms with E-state index in [9.17, 15) is 9.59 Å². The summed E-state index contributed by atoms with van der Waals surface area (Å²) in [6, 6.07) is 14.2. The van der Waals surface area contributed by atoms with E-state index < -0.39 is 5.91 Å². The Morgan fingerprint density at radius 3 is 2.12 bits per heavy atom. The van der Waals surface area contributed by atoms with Gasteiger partial charge in [-0.1, -0.05) is 35.3 Å². The van der Waals surface area contributed by atoms with Crippen LogP contribution in [0.2, 0.25) is 10.0 Å². The lowest BCUT2D eigenvalue weighted by molar-refractivity contribution is -0.682. The predicted octanol–water partition coefficient (Wildman–Crippen LogP) is 1.84. The first-order valence-electron chi connectivity index (χ1n) is 7.99. The van der Waals surface area contributed by atoms with Crippen molar-refractivity contribution >= 4 is 35.0 Å². The molecule has 2 amide bonds. The van der Waals surface area contributed by atoms with E-state index in [4.69, 9.17) is 27.9 Å². The number of hydrogen-bond donors (Lipinski definition) is 3. The maximum atomic E-state index is 11.8. The van der Waals surface area contributed by atoms with Crippen molar-refractivity contribution in [3.05, 3.63) is 64.1 Å². The van der Waals surface area contributed by atoms with Crippen molar-refractivity contribution in [1.82, 2.24) is 10.9 Å². The van der Waals surface area contributed by atoms with Crippen LogP contribution in [-0.4, -0.2) is 25.0 Å². The standard InChI is InChI=1S/C18H19Cl2N3O3/c1-12(13-2-4-14(19)5-3-13)21-10-17(24)22-23-18(25)11-26-16-8-6-15(20)7-9-16/h2-9,12,21H,10-11H2,1H3,(H,22,24)(H,23,25)/p+1/t12-/m0/s1. The lowest BCUT2D eigenvalue weighted by Crippen LogP contribution is -2.87. The molecule has 2 aromatic carbocycles. The van der Waals surface area contributed by atoms with Crippen LogP contribution >= 0.6 is 23.2 Å². The first-order valence-corrected chi connectivity index (χ1v) is 8.74. The second-order valence-corrected chi connectivity index (χ2v) is 6.49. The summed E-state index contributed by atoms with van der Waals surface area (Å²) in [6.45, 7) is 1.93. The molecule has 0 aliphatic heterocycles. The summed E-state index contributed by atoms with van der Waals surface area (Å²) in [6.07, 6.45) is 0. The van der Waals surface area contributed by atoms with Crippen LogP contribution in [0.5, 0.6) is 5.75 Å². The Balaban J connectivity index is 1.65. The minimum Gasteiger partial charge on any atom is -0.484 e. The number of quaternary nitrogens is 1. The number of carbonyl (C=O) groups is 2. The van der Waals surface area contributed by atoms with Gasteiger partial charge in [0.15, 0.2) is 13.2 Å². The molecular weight excluding hydrogens is 377 g/mol. The number of nitrogens with one attached hydrogen (secondary N) is 2. The summed E-state index contributed by atoms with van der Waals surface area (Å²) in [5, 5.41) is 3.11. The summed E-state index contributed by atoms with van der Waals surface area (Å²) >= 11 is 11.6. The Morgan fingerprint density at radius 1 is 0.962 bits per heavy atom. The summed E-state index contributed by atoms with van der Waals surface area (Å²) in [5.74, 6) is -0.259. The van der Waals surface area contributed by atoms with Crippen LogP contribution in [0, 0.1) is 0 Å². The Bertz CT molecular complexity index is 736. The quantitative estimate of drug-likeness (QED) is 0.624. The molecule has 138 valence electrons. The van der Waals surface area contributed by atoms with Gasteiger partial charge in [-0.05, 0) is 43.3 Å². The molecule has 0 aromatic heterocycles. The molecule has 0 saturated heterocycles. The average molecular weight is 397 g/mol. The minimum absolute atomic E-state index is 0.0851. The fourth-order valence-corrected chi connectivity index (χ4v) is 2.34. The average Bonchev–Trinajstić information content (AvgIpc) is 2.64. The summed E-state index contributed by atoms with van der Waals surface area (Å²) in [4.78, 5) is 23.5. The molecule has 0 heterocycles. The second kappa shape index (κ2) is 10.0. The molecule has 0 aliphatic carbocycles. The van der Waals surface area contributed by atoms with E-state index in [0.717, 1.165) is 5.56 Å². The third-order valence-corrected chi connectivity index (χ3v) is 4.08. The van der Waals surface area contributed by atoms with E-state index >= 15 is 0 Å². The number of carbonyl (C=O) groups excluding carboxylic acids is 2. The fraction of sp³-hybridized carbons (Fsp3) is 0.222. The molecule has 8 heteroatoms. The molecule has 0 radical (unpaired) electrons. The van der Waals surface area contributed by atoms with Crippen molar-refractivity contribution in [1.29, 1.82) is 0 Å². The number of ether oxygens (including phenoxy) is 1. The number of hydrazine groups is 1. The molecule has 0 spiro atoms. The second-order valence-electron chi connectivity index (χ2n) is 5.62. The lowest BCUT2D eigenvalue weighted by Gasteiger charge is -2.12. The van der Waals surface area contributed by atoms with Gasteiger partial charge in [-0.15, -0.1) is 0 Å². The van der Waals surface area contributed by atoms with Crippen LogP contribution in [0.1, 0.15) is 18.5 Å². The maximum absolute atomic E-state index is 11.8. The first kappa shape index (κ1) is 20.0. The molecule has 0 fully saturated rings. The van der Waals surface area contributed by atoms with Gasteiger partial charge in [0.2, 0.25) is 0 Å². The van der Waals surface area contributed by atoms with Crippen molar-refractivity contribution in [2.24, 2.45) is 0 Å². The monoisotopic (exact) mass is 396 g/mol. The van der Waals surface area contributed by atoms with Crippen molar-refractivity contribution in [3.8, 4) is 5.75 Å². The molecule has 0 unspecified atom stereocenters. The highest BCUT2D eigenvalue weighted by atomic mass is 35.5. The van der Waals surface area contributed by atoms with Gasteiger partial charge in [0, 0.05) is 15.6 Å². The molecule has 2 aromatic rings. The Kier molecular flexibility index (Phi) is 7.72. The van der Waals surface area contributed by atoms with Crippen molar-refractivity contribution < 1.29 is 19.6 Å². The number of hydrogen-bond acceptors (Lipinski definition) is 3. The molecule has 0 bridgehead atoms. The first-order chi connectivity index (χ1) is 12.4. The van der Waals surface area contributed by atoms with Crippen LogP contribution in [0.4, 0.5) is 0 Å². The van der Waals surface area contributed by atoms with E-state index in [-0.39, 0.29) is 25.1 Å². The zero-order valence-electron chi connectivity index (χ0n) is 14.2. The predicted molar refractivity (Wildman–Crippen MR) is 99.9 cm³/mol. The van der Waals surface area contributed by atoms with E-state index in [2.05, 4.69) is 10.9 Å². The van der Waals surface area contributed by atoms with Crippen LogP contribution in [0.15, 0.2) is 48.5 Å². The Morgan fingerprint density at radius 2 is 1.50 bits per heavy atom. The number of rotatable bonds is 7. The summed E-state index contributed by atoms with van der Waals surface area (Å²) in [7, 11) is 0. The third kappa shape index (κ3) is 6.92. The van der Waals surface area contributed by atoms with Gasteiger partial charge in [0.25, 0.3) is 11.8 Å². The van der Waals surface area contributed by atoms with E-state index in [1.54, 1.807) is 24.3 Å². The molecule has 4 N–H and O–H groups in total. The largest absolute Gasteiger partial charge is 0.484 e. The van der Waals surface area contributed by atoms with Gasteiger partial charge in [0.05, 0.1) is 0 Å². The molecule has 1 atom stereocenters. The highest BCUT2D eigenvalue weighted by Crippen LogP contribution is 2.15. The van der Waals surface area contributed by atoms with Crippen molar-refractivity contribution in [3.63, 3.8) is 0 Å². The normalized spacial score (nSPS) is 11.5. The van der Waals surface area contributed by atoms with E-state index in [0.29, 0.717) is 15.8 Å². The SMILES string of the molecule is C[C@H]([NH2+]CC(=O)NNC(=O)COc1ccc(Cl)cc1)c1ccc(Cl)cc1. The summed E-state index contributed by atoms with van der Waals surface area (Å²) in [5.41, 5.74) is 5.72. The highest BCUT2D eigenvalue weighted by molar-refractivity contribution is 6.30. The molecule has 0 aliphatic rings. The number of nitrogens with two attached hydrogens (primary N) is 1. The zero-order valence-corrected chi connectivity index (χ0v) is 15.7. The topological polar surface area (TPSA) is 84.0 Å². The highest BCUT2D eigenvalue weighted by Gasteiger charge is 2.12. The van der Waals surface area contributed by atoms with Gasteiger partial charge in [0.1, 0.15) is 11.8 Å². The molecule has 6 nitrogen and oxygen atoms in total. The van der Waals surface area contributed by atoms with E-state index in [1.807, 2.05) is 36.5 Å². The smallest absolute Gasteiger partial charge is 0.293 e. The van der Waals surface area contributed by atoms with Crippen molar-refractivity contribution in [2.75, 3.05) is 13.2 Å². The van der Waals surface area contributed by atoms with Gasteiger partial charge < -0.3 is 10.1 Å². The molecule has 0 saturated carbocycles. The van der Waals surface area contributed by atoms with Gasteiger partial charge >= 0.3 is 0 Å². The minimum atomic E-state index is -0.459. The van der Waals surface area contributed by atoms with Crippen molar-refractivity contribution in [2.45, 2.75) is 13.0 Å². The van der Waals surface area contributed by atoms with Gasteiger partial charge in [-0.3, -0.25) is 20.4 Å². The number of benzene rings is 2. The lowest BCUT2D eigenvalue weighted by atomic mass is 10.1. The van der Waals surface area contributed by atoms with Crippen LogP contribution in [-0.2, 0) is 9.59 Å². The van der Waals surface area contributed by atoms with E-state index in [1.165, 1.54) is 0 Å². The van der Waals surface area contributed by atoms with Crippen LogP contribution < -0.4 is 20.9 Å². The number of amides is 2. The van der Waals surface area contributed by atoms with Crippen LogP contribution in [0.25, 0.3) is 0 Å². The van der Waals surface area contributed by atoms with Gasteiger partial charge in [-0.2, -0.15) is 0 Å². The summed E-state index contributed by atoms with van der Waals surface area (Å²) < 4.78 is 5.28. The number of halogens is 2. The maximum Gasteiger partial charge on any atom is 0.293 e. The van der Waals surface area contributed by atoms with Crippen LogP contribution in [0.3, 0.4) is 0 Å². The Hall–Kier alpha value is -2.28. The molecule has 2 rings (SSSR count). The molecule has 26 heavy (non-hydrogen) atoms. The Labute approximate surface area is 161 Å². The third-order valence-electron chi connectivity index (χ3n) is 3.58. The fourth-order valence-electron chi connectivity index (χ4n) is 2.09. The van der Waals surface area contributed by atoms with Gasteiger partial charge in [-0.25, -0.2) is 0 Å².